The Kier molecular flexibility index (Phi) is 4.44. The summed E-state index contributed by atoms with van der Waals surface area (Å²) in [7, 11) is 3.29. The number of aryl methyl sites for hydroxylation is 1. The van der Waals surface area contributed by atoms with E-state index in [0.29, 0.717) is 18.8 Å². The molecule has 1 aromatic carbocycles. The summed E-state index contributed by atoms with van der Waals surface area (Å²) in [5, 5.41) is 7.64. The lowest BCUT2D eigenvalue weighted by molar-refractivity contribution is 0.0564. The molecule has 0 unspecified atom stereocenters. The molecule has 0 bridgehead atoms. The van der Waals surface area contributed by atoms with E-state index in [1.807, 2.05) is 25.5 Å². The fourth-order valence-corrected chi connectivity index (χ4v) is 3.36. The smallest absolute Gasteiger partial charge is 0.337 e. The molecule has 3 heterocycles. The standard InChI is InChI=1S/C18H21N5O3/c1-22-9-12(7-20-22)6-19-8-14-10-26-11-17-21-15-5-13(18(24)25-2)3-4-16(15)23(14)17/h3-5,7,9,14,19H,6,8,10-11H2,1-2H3/t14-/m0/s1. The van der Waals surface area contributed by atoms with Crippen LogP contribution in [0.4, 0.5) is 0 Å². The molecule has 4 rings (SSSR count). The Morgan fingerprint density at radius 1 is 1.46 bits per heavy atom. The van der Waals surface area contributed by atoms with E-state index in [1.165, 1.54) is 7.11 Å². The van der Waals surface area contributed by atoms with Gasteiger partial charge in [0.25, 0.3) is 0 Å². The second-order valence-electron chi connectivity index (χ2n) is 6.42. The summed E-state index contributed by atoms with van der Waals surface area (Å²) in [6.45, 7) is 2.60. The number of nitrogens with zero attached hydrogens (tertiary/aromatic N) is 4. The van der Waals surface area contributed by atoms with Crippen LogP contribution in [-0.2, 0) is 29.7 Å². The zero-order valence-corrected chi connectivity index (χ0v) is 14.8. The van der Waals surface area contributed by atoms with Crippen molar-refractivity contribution in [2.45, 2.75) is 19.2 Å². The van der Waals surface area contributed by atoms with E-state index in [2.05, 4.69) is 20.0 Å². The van der Waals surface area contributed by atoms with Gasteiger partial charge < -0.3 is 19.4 Å². The highest BCUT2D eigenvalue weighted by Gasteiger charge is 2.24. The van der Waals surface area contributed by atoms with Gasteiger partial charge in [0, 0.05) is 31.9 Å². The first-order valence-electron chi connectivity index (χ1n) is 8.51. The average molecular weight is 355 g/mol. The highest BCUT2D eigenvalue weighted by atomic mass is 16.5. The van der Waals surface area contributed by atoms with Crippen LogP contribution in [-0.4, -0.2) is 45.6 Å². The number of methoxy groups -OCH3 is 1. The van der Waals surface area contributed by atoms with Crippen LogP contribution in [0.25, 0.3) is 11.0 Å². The van der Waals surface area contributed by atoms with Crippen LogP contribution in [0.2, 0.25) is 0 Å². The number of rotatable bonds is 5. The quantitative estimate of drug-likeness (QED) is 0.697. The van der Waals surface area contributed by atoms with Crippen molar-refractivity contribution >= 4 is 17.0 Å². The van der Waals surface area contributed by atoms with Gasteiger partial charge >= 0.3 is 5.97 Å². The van der Waals surface area contributed by atoms with E-state index in [1.54, 1.807) is 16.8 Å². The summed E-state index contributed by atoms with van der Waals surface area (Å²) in [4.78, 5) is 16.4. The molecule has 1 aliphatic rings. The Hall–Kier alpha value is -2.71. The largest absolute Gasteiger partial charge is 0.465 e. The lowest BCUT2D eigenvalue weighted by Crippen LogP contribution is -2.32. The van der Waals surface area contributed by atoms with Crippen molar-refractivity contribution in [3.8, 4) is 0 Å². The minimum absolute atomic E-state index is 0.143. The molecule has 1 N–H and O–H groups in total. The number of esters is 1. The maximum Gasteiger partial charge on any atom is 0.337 e. The van der Waals surface area contributed by atoms with E-state index in [0.717, 1.165) is 35.5 Å². The maximum atomic E-state index is 11.7. The van der Waals surface area contributed by atoms with Crippen LogP contribution in [0.3, 0.4) is 0 Å². The summed E-state index contributed by atoms with van der Waals surface area (Å²) in [6.07, 6.45) is 3.85. The topological polar surface area (TPSA) is 83.2 Å². The Labute approximate surface area is 150 Å². The van der Waals surface area contributed by atoms with Gasteiger partial charge in [-0.25, -0.2) is 9.78 Å². The van der Waals surface area contributed by atoms with Crippen molar-refractivity contribution < 1.29 is 14.3 Å². The molecule has 8 heteroatoms. The van der Waals surface area contributed by atoms with Gasteiger partial charge in [0.05, 0.1) is 42.6 Å². The maximum absolute atomic E-state index is 11.7. The summed E-state index contributed by atoms with van der Waals surface area (Å²) in [6, 6.07) is 5.62. The van der Waals surface area contributed by atoms with Gasteiger partial charge in [0.15, 0.2) is 0 Å². The molecule has 2 aromatic heterocycles. The van der Waals surface area contributed by atoms with Crippen LogP contribution in [0.5, 0.6) is 0 Å². The molecule has 0 saturated heterocycles. The first kappa shape index (κ1) is 16.7. The Bertz CT molecular complexity index is 946. The number of fused-ring (bicyclic) bond motifs is 3. The van der Waals surface area contributed by atoms with E-state index in [9.17, 15) is 4.79 Å². The van der Waals surface area contributed by atoms with Crippen molar-refractivity contribution in [3.63, 3.8) is 0 Å². The Balaban J connectivity index is 1.55. The first-order chi connectivity index (χ1) is 12.7. The Morgan fingerprint density at radius 2 is 2.35 bits per heavy atom. The van der Waals surface area contributed by atoms with Crippen molar-refractivity contribution in [2.75, 3.05) is 20.3 Å². The second kappa shape index (κ2) is 6.89. The van der Waals surface area contributed by atoms with E-state index >= 15 is 0 Å². The minimum atomic E-state index is -0.358. The van der Waals surface area contributed by atoms with Gasteiger partial charge in [-0.05, 0) is 18.2 Å². The summed E-state index contributed by atoms with van der Waals surface area (Å²) in [5.74, 6) is 0.519. The molecule has 0 aliphatic carbocycles. The molecule has 1 atom stereocenters. The zero-order valence-electron chi connectivity index (χ0n) is 14.8. The monoisotopic (exact) mass is 355 g/mol. The average Bonchev–Trinajstić information content (AvgIpc) is 3.23. The predicted molar refractivity (Wildman–Crippen MR) is 94.7 cm³/mol. The van der Waals surface area contributed by atoms with Crippen LogP contribution >= 0.6 is 0 Å². The number of imidazole rings is 1. The second-order valence-corrected chi connectivity index (χ2v) is 6.42. The van der Waals surface area contributed by atoms with E-state index in [4.69, 9.17) is 9.47 Å². The number of nitrogens with one attached hydrogen (secondary N) is 1. The van der Waals surface area contributed by atoms with Crippen molar-refractivity contribution in [2.24, 2.45) is 7.05 Å². The third kappa shape index (κ3) is 3.09. The van der Waals surface area contributed by atoms with Gasteiger partial charge in [-0.2, -0.15) is 5.10 Å². The van der Waals surface area contributed by atoms with Crippen LogP contribution in [0, 0.1) is 0 Å². The van der Waals surface area contributed by atoms with Gasteiger partial charge in [0.2, 0.25) is 0 Å². The molecule has 3 aromatic rings. The van der Waals surface area contributed by atoms with Gasteiger partial charge in [-0.3, -0.25) is 4.68 Å². The van der Waals surface area contributed by atoms with Gasteiger partial charge in [-0.1, -0.05) is 0 Å². The number of ether oxygens (including phenoxy) is 2. The summed E-state index contributed by atoms with van der Waals surface area (Å²) >= 11 is 0. The number of hydrogen-bond acceptors (Lipinski definition) is 6. The number of benzene rings is 1. The fourth-order valence-electron chi connectivity index (χ4n) is 3.36. The van der Waals surface area contributed by atoms with Crippen molar-refractivity contribution in [1.82, 2.24) is 24.6 Å². The third-order valence-corrected chi connectivity index (χ3v) is 4.56. The molecule has 8 nitrogen and oxygen atoms in total. The summed E-state index contributed by atoms with van der Waals surface area (Å²) in [5.41, 5.74) is 3.43. The van der Waals surface area contributed by atoms with Gasteiger partial charge in [0.1, 0.15) is 12.4 Å². The lowest BCUT2D eigenvalue weighted by atomic mass is 10.2. The molecular formula is C18H21N5O3. The Morgan fingerprint density at radius 3 is 3.12 bits per heavy atom. The highest BCUT2D eigenvalue weighted by Crippen LogP contribution is 2.26. The molecule has 0 spiro atoms. The molecule has 136 valence electrons. The fraction of sp³-hybridized carbons (Fsp3) is 0.389. The molecule has 26 heavy (non-hydrogen) atoms. The van der Waals surface area contributed by atoms with Crippen LogP contribution < -0.4 is 5.32 Å². The summed E-state index contributed by atoms with van der Waals surface area (Å²) < 4.78 is 14.5. The van der Waals surface area contributed by atoms with Crippen molar-refractivity contribution in [3.05, 3.63) is 47.5 Å². The first-order valence-corrected chi connectivity index (χ1v) is 8.51. The molecular weight excluding hydrogens is 334 g/mol. The number of carbonyl (C=O) groups excluding carboxylic acids is 1. The SMILES string of the molecule is COC(=O)c1ccc2c(c1)nc1n2[C@@H](CNCc2cnn(C)c2)COC1. The third-order valence-electron chi connectivity index (χ3n) is 4.56. The minimum Gasteiger partial charge on any atom is -0.465 e. The molecule has 0 amide bonds. The predicted octanol–water partition coefficient (Wildman–Crippen LogP) is 1.42. The number of aromatic nitrogens is 4. The highest BCUT2D eigenvalue weighted by molar-refractivity contribution is 5.93. The molecule has 1 aliphatic heterocycles. The van der Waals surface area contributed by atoms with Gasteiger partial charge in [-0.15, -0.1) is 0 Å². The molecule has 0 saturated carbocycles. The van der Waals surface area contributed by atoms with E-state index in [-0.39, 0.29) is 12.0 Å². The zero-order chi connectivity index (χ0) is 18.1. The normalized spacial score (nSPS) is 16.6. The van der Waals surface area contributed by atoms with Crippen molar-refractivity contribution in [1.29, 1.82) is 0 Å². The molecule has 0 radical (unpaired) electrons. The number of carbonyl (C=O) groups is 1. The van der Waals surface area contributed by atoms with Crippen LogP contribution in [0.1, 0.15) is 27.8 Å². The number of hydrogen-bond donors (Lipinski definition) is 1. The molecule has 0 fully saturated rings. The lowest BCUT2D eigenvalue weighted by Gasteiger charge is -2.26. The van der Waals surface area contributed by atoms with Crippen LogP contribution in [0.15, 0.2) is 30.6 Å². The van der Waals surface area contributed by atoms with E-state index < -0.39 is 0 Å².